The maximum Gasteiger partial charge on any atom is 2.00 e. The van der Waals surface area contributed by atoms with Gasteiger partial charge in [-0.25, -0.2) is 0 Å². The Balaban J connectivity index is -0.000000926. The summed E-state index contributed by atoms with van der Waals surface area (Å²) in [5.41, 5.74) is 0. The van der Waals surface area contributed by atoms with Gasteiger partial charge in [0.15, 0.2) is 0 Å². The number of aliphatic carboxylic acids is 2. The molecule has 0 saturated heterocycles. The number of hydrogen-bond donors (Lipinski definition) is 0. The van der Waals surface area contributed by atoms with Crippen LogP contribution in [-0.2, 0) is 9.59 Å². The molecule has 2 radical (unpaired) electrons. The Labute approximate surface area is 350 Å². The quantitative estimate of drug-likeness (QED) is 0.0452. The molecular weight excluding hydrogens is 759 g/mol. The number of rotatable bonds is 44. The Morgan fingerprint density at radius 1 is 0.245 bits per heavy atom. The number of carbonyl (C=O) groups excluding carboxylic acids is 2. The van der Waals surface area contributed by atoms with E-state index in [1.807, 2.05) is 0 Å². The molecule has 0 aliphatic carbocycles. The van der Waals surface area contributed by atoms with Crippen molar-refractivity contribution in [2.75, 3.05) is 0 Å². The van der Waals surface area contributed by atoms with Gasteiger partial charge < -0.3 is 19.8 Å². The van der Waals surface area contributed by atoms with E-state index in [9.17, 15) is 19.8 Å². The van der Waals surface area contributed by atoms with E-state index in [1.54, 1.807) is 0 Å². The molecule has 4 nitrogen and oxygen atoms in total. The molecule has 0 saturated carbocycles. The summed E-state index contributed by atoms with van der Waals surface area (Å²) < 4.78 is 0. The minimum Gasteiger partial charge on any atom is -0.550 e. The van der Waals surface area contributed by atoms with E-state index in [0.717, 1.165) is 25.7 Å². The average molecular weight is 854 g/mol. The second-order valence-corrected chi connectivity index (χ2v) is 16.4. The van der Waals surface area contributed by atoms with E-state index in [-0.39, 0.29) is 36.7 Å². The largest absolute Gasteiger partial charge is 2.00 e. The van der Waals surface area contributed by atoms with Crippen molar-refractivity contribution in [1.29, 1.82) is 0 Å². The van der Waals surface area contributed by atoms with E-state index in [1.165, 1.54) is 244 Å². The summed E-state index contributed by atoms with van der Waals surface area (Å²) >= 11 is 0. The number of carboxylic acids is 2. The standard InChI is InChI=1S/2C24H48O2.Sn/c2*1-2-3-4-5-6-7-8-9-10-11-12-13-14-15-16-17-18-19-20-21-22-23-24(25)26;/h2*2-23H2,1H3,(H,25,26);/q;;+2/p-2. The van der Waals surface area contributed by atoms with Crippen LogP contribution in [0.15, 0.2) is 0 Å². The van der Waals surface area contributed by atoms with E-state index in [4.69, 9.17) is 0 Å². The molecule has 0 aromatic carbocycles. The van der Waals surface area contributed by atoms with Crippen LogP contribution < -0.4 is 10.2 Å². The number of hydrogen-bond acceptors (Lipinski definition) is 4. The normalized spacial score (nSPS) is 10.9. The SMILES string of the molecule is CCCCCCCCCCCCCCCCCCCCCCCC(=O)[O-].CCCCCCCCCCCCCCCCCCCCCCCC(=O)[O-].[Sn+2]. The Morgan fingerprint density at radius 3 is 0.472 bits per heavy atom. The molecule has 0 aliphatic heterocycles. The molecule has 0 rings (SSSR count). The van der Waals surface area contributed by atoms with Crippen molar-refractivity contribution in [3.05, 3.63) is 0 Å². The molecule has 5 heteroatoms. The molecule has 0 aromatic heterocycles. The van der Waals surface area contributed by atoms with Gasteiger partial charge in [0.25, 0.3) is 0 Å². The van der Waals surface area contributed by atoms with Gasteiger partial charge in [-0.05, 0) is 25.7 Å². The van der Waals surface area contributed by atoms with Crippen molar-refractivity contribution in [1.82, 2.24) is 0 Å². The molecule has 0 aliphatic rings. The predicted octanol–water partition coefficient (Wildman–Crippen LogP) is 14.3. The Kier molecular flexibility index (Phi) is 58.0. The molecule has 53 heavy (non-hydrogen) atoms. The second kappa shape index (κ2) is 53.8. The molecular formula is C48H94O4Sn. The average Bonchev–Trinajstić information content (AvgIpc) is 3.13. The minimum atomic E-state index is -0.900. The van der Waals surface area contributed by atoms with Crippen molar-refractivity contribution >= 4 is 35.8 Å². The first-order valence-corrected chi connectivity index (χ1v) is 23.9. The summed E-state index contributed by atoms with van der Waals surface area (Å²) in [6, 6.07) is 0. The van der Waals surface area contributed by atoms with Crippen molar-refractivity contribution in [3.8, 4) is 0 Å². The zero-order chi connectivity index (χ0) is 38.3. The van der Waals surface area contributed by atoms with Gasteiger partial charge in [-0.15, -0.1) is 0 Å². The molecule has 0 aromatic rings. The van der Waals surface area contributed by atoms with Crippen LogP contribution in [0.1, 0.15) is 296 Å². The first kappa shape index (κ1) is 57.1. The summed E-state index contributed by atoms with van der Waals surface area (Å²) in [7, 11) is 0. The van der Waals surface area contributed by atoms with Gasteiger partial charge in [0.05, 0.1) is 0 Å². The summed E-state index contributed by atoms with van der Waals surface area (Å²) in [6.45, 7) is 4.57. The van der Waals surface area contributed by atoms with Crippen LogP contribution in [0.25, 0.3) is 0 Å². The number of carbonyl (C=O) groups is 2. The summed E-state index contributed by atoms with van der Waals surface area (Å²) in [5.74, 6) is -1.80. The molecule has 0 spiro atoms. The third kappa shape index (κ3) is 61.2. The molecule has 314 valence electrons. The van der Waals surface area contributed by atoms with Crippen LogP contribution in [-0.4, -0.2) is 35.8 Å². The van der Waals surface area contributed by atoms with Crippen LogP contribution in [0.4, 0.5) is 0 Å². The molecule has 0 N–H and O–H groups in total. The zero-order valence-electron chi connectivity index (χ0n) is 36.2. The maximum absolute atomic E-state index is 10.3. The van der Waals surface area contributed by atoms with Crippen LogP contribution in [0.2, 0.25) is 0 Å². The van der Waals surface area contributed by atoms with Crippen LogP contribution >= 0.6 is 0 Å². The molecule has 0 bridgehead atoms. The van der Waals surface area contributed by atoms with Crippen LogP contribution in [0, 0.1) is 0 Å². The van der Waals surface area contributed by atoms with Gasteiger partial charge in [-0.3, -0.25) is 0 Å². The fourth-order valence-corrected chi connectivity index (χ4v) is 7.40. The summed E-state index contributed by atoms with van der Waals surface area (Å²) in [5, 5.41) is 20.6. The van der Waals surface area contributed by atoms with E-state index >= 15 is 0 Å². The van der Waals surface area contributed by atoms with Gasteiger partial charge in [-0.2, -0.15) is 0 Å². The fourth-order valence-electron chi connectivity index (χ4n) is 7.40. The van der Waals surface area contributed by atoms with Gasteiger partial charge >= 0.3 is 23.9 Å². The Hall–Kier alpha value is -0.261. The molecule has 0 amide bonds. The number of unbranched alkanes of at least 4 members (excludes halogenated alkanes) is 40. The smallest absolute Gasteiger partial charge is 0.550 e. The number of carboxylic acid groups (broad SMARTS) is 2. The van der Waals surface area contributed by atoms with Gasteiger partial charge in [0, 0.05) is 11.9 Å². The van der Waals surface area contributed by atoms with Gasteiger partial charge in [-0.1, -0.05) is 271 Å². The predicted molar refractivity (Wildman–Crippen MR) is 230 cm³/mol. The maximum atomic E-state index is 10.3. The second-order valence-electron chi connectivity index (χ2n) is 16.4. The zero-order valence-corrected chi connectivity index (χ0v) is 39.1. The molecule has 0 atom stereocenters. The summed E-state index contributed by atoms with van der Waals surface area (Å²) in [6.07, 6.45) is 57.4. The molecule has 0 unspecified atom stereocenters. The Morgan fingerprint density at radius 2 is 0.358 bits per heavy atom. The van der Waals surface area contributed by atoms with Crippen LogP contribution in [0.3, 0.4) is 0 Å². The first-order valence-electron chi connectivity index (χ1n) is 23.9. The van der Waals surface area contributed by atoms with E-state index in [2.05, 4.69) is 13.8 Å². The Bertz CT molecular complexity index is 614. The minimum absolute atomic E-state index is 0. The van der Waals surface area contributed by atoms with Crippen molar-refractivity contribution in [2.24, 2.45) is 0 Å². The third-order valence-corrected chi connectivity index (χ3v) is 11.0. The topological polar surface area (TPSA) is 80.3 Å². The molecule has 0 fully saturated rings. The van der Waals surface area contributed by atoms with Crippen molar-refractivity contribution < 1.29 is 19.8 Å². The third-order valence-electron chi connectivity index (χ3n) is 11.0. The van der Waals surface area contributed by atoms with Gasteiger partial charge in [0.2, 0.25) is 0 Å². The van der Waals surface area contributed by atoms with Gasteiger partial charge in [0.1, 0.15) is 0 Å². The van der Waals surface area contributed by atoms with E-state index in [0.29, 0.717) is 0 Å². The van der Waals surface area contributed by atoms with Crippen molar-refractivity contribution in [3.63, 3.8) is 0 Å². The fraction of sp³-hybridized carbons (Fsp3) is 0.958. The van der Waals surface area contributed by atoms with Crippen LogP contribution in [0.5, 0.6) is 0 Å². The molecule has 0 heterocycles. The summed E-state index contributed by atoms with van der Waals surface area (Å²) in [4.78, 5) is 20.6. The first-order chi connectivity index (χ1) is 25.5. The monoisotopic (exact) mass is 855 g/mol. The van der Waals surface area contributed by atoms with E-state index < -0.39 is 11.9 Å². The van der Waals surface area contributed by atoms with Crippen molar-refractivity contribution in [2.45, 2.75) is 296 Å².